The van der Waals surface area contributed by atoms with Gasteiger partial charge in [-0.05, 0) is 64.0 Å². The Kier molecular flexibility index (Phi) is 5.47. The Bertz CT molecular complexity index is 1560. The Morgan fingerprint density at radius 3 is 2.63 bits per heavy atom. The molecule has 35 heavy (non-hydrogen) atoms. The lowest BCUT2D eigenvalue weighted by Gasteiger charge is -2.34. The zero-order chi connectivity index (χ0) is 23.8. The van der Waals surface area contributed by atoms with Crippen molar-refractivity contribution in [2.24, 2.45) is 0 Å². The first-order chi connectivity index (χ1) is 17.2. The van der Waals surface area contributed by atoms with Crippen molar-refractivity contribution in [3.63, 3.8) is 0 Å². The maximum atomic E-state index is 13.5. The van der Waals surface area contributed by atoms with E-state index in [4.69, 9.17) is 0 Å². The summed E-state index contributed by atoms with van der Waals surface area (Å²) in [6, 6.07) is 26.3. The van der Waals surface area contributed by atoms with Gasteiger partial charge in [-0.3, -0.25) is 9.69 Å². The molecule has 1 aliphatic heterocycles. The second-order valence-electron chi connectivity index (χ2n) is 9.22. The lowest BCUT2D eigenvalue weighted by molar-refractivity contribution is 0.194. The number of hydrogen-bond acceptors (Lipinski definition) is 5. The lowest BCUT2D eigenvalue weighted by Crippen LogP contribution is -2.38. The molecule has 5 aromatic rings. The number of H-pyrrole nitrogens is 1. The van der Waals surface area contributed by atoms with Gasteiger partial charge in [-0.1, -0.05) is 66.2 Å². The largest absolute Gasteiger partial charge is 0.322 e. The maximum absolute atomic E-state index is 13.5. The fourth-order valence-electron chi connectivity index (χ4n) is 5.06. The Labute approximate surface area is 203 Å². The molecule has 3 aromatic carbocycles. The summed E-state index contributed by atoms with van der Waals surface area (Å²) in [4.78, 5) is 18.9. The average molecular weight is 463 g/mol. The number of pyridine rings is 1. The van der Waals surface area contributed by atoms with Crippen LogP contribution in [0.4, 0.5) is 0 Å². The first-order valence-electron chi connectivity index (χ1n) is 11.9. The van der Waals surface area contributed by atoms with Gasteiger partial charge in [-0.15, -0.1) is 5.10 Å². The number of aryl methyl sites for hydroxylation is 1. The van der Waals surface area contributed by atoms with Crippen LogP contribution in [0.3, 0.4) is 0 Å². The molecule has 7 heteroatoms. The molecular formula is C28H26N6O. The molecule has 0 bridgehead atoms. The minimum absolute atomic E-state index is 0.112. The summed E-state index contributed by atoms with van der Waals surface area (Å²) in [6.07, 6.45) is 0.914. The number of aromatic amines is 1. The number of nitrogens with zero attached hydrogens (tertiary/aromatic N) is 5. The summed E-state index contributed by atoms with van der Waals surface area (Å²) in [6.45, 7) is 4.13. The lowest BCUT2D eigenvalue weighted by atomic mass is 9.95. The number of nitrogens with one attached hydrogen (secondary N) is 1. The molecule has 0 aliphatic carbocycles. The SMILES string of the molecule is Cc1ccc2[nH]c(=O)c([C@@H](c3nnnn3Cc3ccccc3)N3CCc4ccccc4C3)cc2c1. The summed E-state index contributed by atoms with van der Waals surface area (Å²) in [5, 5.41) is 13.8. The second-order valence-corrected chi connectivity index (χ2v) is 9.22. The number of rotatable bonds is 5. The quantitative estimate of drug-likeness (QED) is 0.427. The van der Waals surface area contributed by atoms with Crippen LogP contribution < -0.4 is 5.56 Å². The van der Waals surface area contributed by atoms with Crippen LogP contribution in [-0.4, -0.2) is 36.6 Å². The van der Waals surface area contributed by atoms with Crippen LogP contribution in [0.25, 0.3) is 10.9 Å². The van der Waals surface area contributed by atoms with Crippen molar-refractivity contribution in [3.8, 4) is 0 Å². The maximum Gasteiger partial charge on any atom is 0.253 e. The van der Waals surface area contributed by atoms with Crippen LogP contribution in [0.5, 0.6) is 0 Å². The molecular weight excluding hydrogens is 436 g/mol. The van der Waals surface area contributed by atoms with Crippen molar-refractivity contribution < 1.29 is 0 Å². The van der Waals surface area contributed by atoms with Crippen LogP contribution in [-0.2, 0) is 19.5 Å². The van der Waals surface area contributed by atoms with E-state index in [9.17, 15) is 4.79 Å². The van der Waals surface area contributed by atoms with Crippen molar-refractivity contribution in [3.05, 3.63) is 123 Å². The fourth-order valence-corrected chi connectivity index (χ4v) is 5.06. The zero-order valence-corrected chi connectivity index (χ0v) is 19.6. The standard InChI is InChI=1S/C28H26N6O/c1-19-11-12-25-23(15-19)16-24(28(35)29-25)26(33-14-13-21-9-5-6-10-22(21)18-33)27-30-31-32-34(27)17-20-7-3-2-4-8-20/h2-12,15-16,26H,13-14,17-18H2,1H3,(H,29,35)/t26-/m0/s1. The molecule has 1 aliphatic rings. The molecule has 0 spiro atoms. The van der Waals surface area contributed by atoms with Crippen LogP contribution in [0, 0.1) is 6.92 Å². The highest BCUT2D eigenvalue weighted by Gasteiger charge is 2.32. The van der Waals surface area contributed by atoms with Gasteiger partial charge in [0.25, 0.3) is 5.56 Å². The van der Waals surface area contributed by atoms with Gasteiger partial charge in [0, 0.05) is 24.2 Å². The summed E-state index contributed by atoms with van der Waals surface area (Å²) >= 11 is 0. The molecule has 0 amide bonds. The van der Waals surface area contributed by atoms with E-state index in [0.29, 0.717) is 17.9 Å². The van der Waals surface area contributed by atoms with Crippen molar-refractivity contribution in [2.75, 3.05) is 6.54 Å². The van der Waals surface area contributed by atoms with Crippen LogP contribution >= 0.6 is 0 Å². The molecule has 0 fully saturated rings. The number of benzene rings is 3. The van der Waals surface area contributed by atoms with E-state index in [-0.39, 0.29) is 11.6 Å². The van der Waals surface area contributed by atoms with Crippen molar-refractivity contribution in [1.29, 1.82) is 0 Å². The normalized spacial score (nSPS) is 14.7. The van der Waals surface area contributed by atoms with Gasteiger partial charge in [0.2, 0.25) is 0 Å². The van der Waals surface area contributed by atoms with Gasteiger partial charge in [0.05, 0.1) is 6.54 Å². The monoisotopic (exact) mass is 462 g/mol. The molecule has 6 rings (SSSR count). The van der Waals surface area contributed by atoms with E-state index in [0.717, 1.165) is 41.5 Å². The molecule has 1 N–H and O–H groups in total. The van der Waals surface area contributed by atoms with E-state index in [2.05, 4.69) is 74.8 Å². The summed E-state index contributed by atoms with van der Waals surface area (Å²) in [5.74, 6) is 0.672. The Balaban J connectivity index is 1.49. The summed E-state index contributed by atoms with van der Waals surface area (Å²) in [5.41, 5.74) is 6.26. The number of tetrazole rings is 1. The topological polar surface area (TPSA) is 79.7 Å². The Hall–Kier alpha value is -4.10. The third-order valence-electron chi connectivity index (χ3n) is 6.83. The van der Waals surface area contributed by atoms with Crippen LogP contribution in [0.1, 0.15) is 39.7 Å². The molecule has 1 atom stereocenters. The number of fused-ring (bicyclic) bond motifs is 2. The molecule has 174 valence electrons. The molecule has 2 aromatic heterocycles. The minimum atomic E-state index is -0.379. The van der Waals surface area contributed by atoms with Crippen molar-refractivity contribution in [2.45, 2.75) is 32.5 Å². The van der Waals surface area contributed by atoms with Gasteiger partial charge in [-0.25, -0.2) is 4.68 Å². The van der Waals surface area contributed by atoms with E-state index in [1.807, 2.05) is 41.1 Å². The smallest absolute Gasteiger partial charge is 0.253 e. The Morgan fingerprint density at radius 2 is 1.77 bits per heavy atom. The van der Waals surface area contributed by atoms with Gasteiger partial charge in [-0.2, -0.15) is 0 Å². The summed E-state index contributed by atoms with van der Waals surface area (Å²) in [7, 11) is 0. The van der Waals surface area contributed by atoms with Gasteiger partial charge in [0.15, 0.2) is 5.82 Å². The highest BCUT2D eigenvalue weighted by molar-refractivity contribution is 5.79. The molecule has 0 saturated heterocycles. The highest BCUT2D eigenvalue weighted by atomic mass is 16.1. The van der Waals surface area contributed by atoms with Crippen molar-refractivity contribution >= 4 is 10.9 Å². The van der Waals surface area contributed by atoms with Gasteiger partial charge < -0.3 is 4.98 Å². The van der Waals surface area contributed by atoms with E-state index in [1.54, 1.807) is 0 Å². The van der Waals surface area contributed by atoms with E-state index < -0.39 is 0 Å². The van der Waals surface area contributed by atoms with Gasteiger partial charge >= 0.3 is 0 Å². The van der Waals surface area contributed by atoms with Gasteiger partial charge in [0.1, 0.15) is 6.04 Å². The Morgan fingerprint density at radius 1 is 0.971 bits per heavy atom. The first-order valence-corrected chi connectivity index (χ1v) is 11.9. The van der Waals surface area contributed by atoms with Crippen LogP contribution in [0.15, 0.2) is 83.7 Å². The third-order valence-corrected chi connectivity index (χ3v) is 6.83. The average Bonchev–Trinajstić information content (AvgIpc) is 3.33. The van der Waals surface area contributed by atoms with E-state index in [1.165, 1.54) is 11.1 Å². The predicted octanol–water partition coefficient (Wildman–Crippen LogP) is 4.02. The van der Waals surface area contributed by atoms with Crippen molar-refractivity contribution in [1.82, 2.24) is 30.1 Å². The first kappa shape index (κ1) is 21.4. The fraction of sp³-hybridized carbons (Fsp3) is 0.214. The molecule has 0 unspecified atom stereocenters. The number of aromatic nitrogens is 5. The van der Waals surface area contributed by atoms with E-state index >= 15 is 0 Å². The van der Waals surface area contributed by atoms with Crippen LogP contribution in [0.2, 0.25) is 0 Å². The predicted molar refractivity (Wildman–Crippen MR) is 135 cm³/mol. The summed E-state index contributed by atoms with van der Waals surface area (Å²) < 4.78 is 1.82. The highest BCUT2D eigenvalue weighted by Crippen LogP contribution is 2.32. The number of hydrogen-bond donors (Lipinski definition) is 1. The molecule has 0 radical (unpaired) electrons. The third kappa shape index (κ3) is 4.15. The minimum Gasteiger partial charge on any atom is -0.322 e. The second kappa shape index (κ2) is 8.92. The zero-order valence-electron chi connectivity index (χ0n) is 19.6. The molecule has 7 nitrogen and oxygen atoms in total. The molecule has 3 heterocycles. The molecule has 0 saturated carbocycles.